The summed E-state index contributed by atoms with van der Waals surface area (Å²) in [6.07, 6.45) is 0.0428. The summed E-state index contributed by atoms with van der Waals surface area (Å²) < 4.78 is 11.2. The van der Waals surface area contributed by atoms with Gasteiger partial charge in [-0.1, -0.05) is 48.5 Å². The second kappa shape index (κ2) is 6.69. The van der Waals surface area contributed by atoms with E-state index in [1.54, 1.807) is 43.3 Å². The molecular formula is C25H22O5. The van der Waals surface area contributed by atoms with Gasteiger partial charge in [-0.05, 0) is 53.4 Å². The zero-order chi connectivity index (χ0) is 20.9. The molecule has 5 heteroatoms. The minimum absolute atomic E-state index is 0.0428. The van der Waals surface area contributed by atoms with E-state index >= 15 is 0 Å². The fourth-order valence-electron chi connectivity index (χ4n) is 4.89. The quantitative estimate of drug-likeness (QED) is 0.649. The molecule has 0 heterocycles. The minimum Gasteiger partial charge on any atom is -0.466 e. The van der Waals surface area contributed by atoms with Gasteiger partial charge >= 0.3 is 5.97 Å². The summed E-state index contributed by atoms with van der Waals surface area (Å²) in [6, 6.07) is 21.8. The summed E-state index contributed by atoms with van der Waals surface area (Å²) in [5, 5.41) is 23.8. The van der Waals surface area contributed by atoms with Crippen LogP contribution in [0.5, 0.6) is 11.5 Å². The number of carbonyl (C=O) groups is 1. The van der Waals surface area contributed by atoms with Crippen molar-refractivity contribution in [3.05, 3.63) is 95.1 Å². The van der Waals surface area contributed by atoms with Crippen molar-refractivity contribution >= 4 is 5.97 Å². The predicted octanol–water partition coefficient (Wildman–Crippen LogP) is 3.85. The number of benzene rings is 3. The third kappa shape index (κ3) is 2.52. The van der Waals surface area contributed by atoms with Gasteiger partial charge in [0.2, 0.25) is 0 Å². The van der Waals surface area contributed by atoms with E-state index in [1.165, 1.54) is 0 Å². The molecule has 3 unspecified atom stereocenters. The molecule has 0 saturated heterocycles. The van der Waals surface area contributed by atoms with Gasteiger partial charge in [-0.3, -0.25) is 4.79 Å². The number of hydrogen-bond donors (Lipinski definition) is 2. The Kier molecular flexibility index (Phi) is 4.20. The van der Waals surface area contributed by atoms with Gasteiger partial charge in [0.15, 0.2) is 0 Å². The average Bonchev–Trinajstić information content (AvgIpc) is 2.76. The lowest BCUT2D eigenvalue weighted by Gasteiger charge is -2.53. The molecule has 3 aromatic rings. The molecule has 3 atom stereocenters. The molecule has 3 aliphatic carbocycles. The fourth-order valence-corrected chi connectivity index (χ4v) is 4.89. The molecule has 2 N–H and O–H groups in total. The fraction of sp³-hybridized carbons (Fsp3) is 0.240. The Morgan fingerprint density at radius 1 is 0.900 bits per heavy atom. The van der Waals surface area contributed by atoms with Crippen LogP contribution in [-0.4, -0.2) is 22.8 Å². The van der Waals surface area contributed by atoms with E-state index in [1.807, 2.05) is 36.4 Å². The SMILES string of the molecule is CCOC(=O)C1CC2(O)c3ccccc3C1(O)c1ccc(Oc3ccccc3)cc12. The van der Waals surface area contributed by atoms with Crippen molar-refractivity contribution in [3.8, 4) is 11.5 Å². The van der Waals surface area contributed by atoms with Crippen LogP contribution >= 0.6 is 0 Å². The highest BCUT2D eigenvalue weighted by Gasteiger charge is 2.62. The number of para-hydroxylation sites is 1. The normalized spacial score (nSPS) is 25.9. The molecular weight excluding hydrogens is 380 g/mol. The summed E-state index contributed by atoms with van der Waals surface area (Å²) in [5.74, 6) is -0.183. The van der Waals surface area contributed by atoms with Gasteiger partial charge in [-0.25, -0.2) is 0 Å². The predicted molar refractivity (Wildman–Crippen MR) is 110 cm³/mol. The zero-order valence-electron chi connectivity index (χ0n) is 16.5. The molecule has 30 heavy (non-hydrogen) atoms. The average molecular weight is 402 g/mol. The number of carbonyl (C=O) groups excluding carboxylic acids is 1. The van der Waals surface area contributed by atoms with Crippen LogP contribution in [0, 0.1) is 5.92 Å². The van der Waals surface area contributed by atoms with Crippen LogP contribution in [0.2, 0.25) is 0 Å². The molecule has 2 bridgehead atoms. The Morgan fingerprint density at radius 2 is 1.57 bits per heavy atom. The molecule has 5 nitrogen and oxygen atoms in total. The first-order valence-corrected chi connectivity index (χ1v) is 10.1. The largest absolute Gasteiger partial charge is 0.466 e. The number of aliphatic hydroxyl groups is 2. The Balaban J connectivity index is 1.67. The standard InChI is InChI=1S/C25H22O5/c1-2-29-23(26)22-15-24(27)18-10-6-7-11-19(18)25(22,28)20-13-12-17(14-21(20)24)30-16-8-4-3-5-9-16/h3-14,22,27-28H,2,15H2,1H3. The van der Waals surface area contributed by atoms with Crippen LogP contribution in [0.4, 0.5) is 0 Å². The van der Waals surface area contributed by atoms with E-state index in [9.17, 15) is 15.0 Å². The van der Waals surface area contributed by atoms with E-state index in [2.05, 4.69) is 0 Å². The van der Waals surface area contributed by atoms with Gasteiger partial charge in [0.1, 0.15) is 22.7 Å². The Labute approximate surface area is 174 Å². The van der Waals surface area contributed by atoms with Gasteiger partial charge in [0.25, 0.3) is 0 Å². The third-order valence-corrected chi connectivity index (χ3v) is 6.18. The van der Waals surface area contributed by atoms with Gasteiger partial charge < -0.3 is 19.7 Å². The van der Waals surface area contributed by atoms with Crippen LogP contribution in [-0.2, 0) is 20.7 Å². The van der Waals surface area contributed by atoms with Crippen molar-refractivity contribution < 1.29 is 24.5 Å². The topological polar surface area (TPSA) is 76.0 Å². The first-order chi connectivity index (χ1) is 14.5. The Bertz CT molecular complexity index is 1130. The van der Waals surface area contributed by atoms with Crippen molar-refractivity contribution in [2.75, 3.05) is 6.61 Å². The summed E-state index contributed by atoms with van der Waals surface area (Å²) in [5.41, 5.74) is -0.790. The van der Waals surface area contributed by atoms with Gasteiger partial charge in [-0.15, -0.1) is 0 Å². The first-order valence-electron chi connectivity index (χ1n) is 10.1. The van der Waals surface area contributed by atoms with Crippen LogP contribution in [0.25, 0.3) is 0 Å². The monoisotopic (exact) mass is 402 g/mol. The summed E-state index contributed by atoms with van der Waals surface area (Å²) >= 11 is 0. The summed E-state index contributed by atoms with van der Waals surface area (Å²) in [4.78, 5) is 12.7. The lowest BCUT2D eigenvalue weighted by Crippen LogP contribution is -2.57. The van der Waals surface area contributed by atoms with E-state index in [-0.39, 0.29) is 13.0 Å². The maximum absolute atomic E-state index is 12.7. The molecule has 0 radical (unpaired) electrons. The molecule has 3 aliphatic rings. The van der Waals surface area contributed by atoms with Gasteiger partial charge in [0.05, 0.1) is 12.5 Å². The molecule has 6 rings (SSSR count). The van der Waals surface area contributed by atoms with Gasteiger partial charge in [-0.2, -0.15) is 0 Å². The van der Waals surface area contributed by atoms with Gasteiger partial charge in [0, 0.05) is 6.42 Å². The molecule has 0 spiro atoms. The third-order valence-electron chi connectivity index (χ3n) is 6.18. The first kappa shape index (κ1) is 18.9. The van der Waals surface area contributed by atoms with E-state index in [0.29, 0.717) is 33.8 Å². The van der Waals surface area contributed by atoms with E-state index in [0.717, 1.165) is 0 Å². The van der Waals surface area contributed by atoms with Crippen LogP contribution in [0.1, 0.15) is 35.6 Å². The molecule has 0 amide bonds. The van der Waals surface area contributed by atoms with Crippen LogP contribution in [0.3, 0.4) is 0 Å². The molecule has 152 valence electrons. The molecule has 0 saturated carbocycles. The van der Waals surface area contributed by atoms with Crippen molar-refractivity contribution in [1.29, 1.82) is 0 Å². The highest BCUT2D eigenvalue weighted by molar-refractivity contribution is 5.79. The van der Waals surface area contributed by atoms with Crippen molar-refractivity contribution in [2.45, 2.75) is 24.5 Å². The van der Waals surface area contributed by atoms with E-state index in [4.69, 9.17) is 9.47 Å². The summed E-state index contributed by atoms with van der Waals surface area (Å²) in [6.45, 7) is 1.94. The Hall–Kier alpha value is -3.15. The molecule has 0 aromatic heterocycles. The number of hydrogen-bond acceptors (Lipinski definition) is 5. The number of fused-ring (bicyclic) bond motifs is 1. The number of ether oxygens (including phenoxy) is 2. The number of esters is 1. The second-order valence-electron chi connectivity index (χ2n) is 7.80. The smallest absolute Gasteiger partial charge is 0.312 e. The van der Waals surface area contributed by atoms with Crippen LogP contribution < -0.4 is 4.74 Å². The highest BCUT2D eigenvalue weighted by Crippen LogP contribution is 2.60. The zero-order valence-corrected chi connectivity index (χ0v) is 16.5. The molecule has 3 aromatic carbocycles. The molecule has 0 fully saturated rings. The lowest BCUT2D eigenvalue weighted by atomic mass is 9.54. The summed E-state index contributed by atoms with van der Waals surface area (Å²) in [7, 11) is 0. The van der Waals surface area contributed by atoms with Crippen LogP contribution in [0.15, 0.2) is 72.8 Å². The van der Waals surface area contributed by atoms with E-state index < -0.39 is 23.1 Å². The second-order valence-corrected chi connectivity index (χ2v) is 7.80. The van der Waals surface area contributed by atoms with Crippen molar-refractivity contribution in [3.63, 3.8) is 0 Å². The maximum atomic E-state index is 12.7. The lowest BCUT2D eigenvalue weighted by molar-refractivity contribution is -0.166. The maximum Gasteiger partial charge on any atom is 0.312 e. The van der Waals surface area contributed by atoms with Crippen molar-refractivity contribution in [2.24, 2.45) is 5.92 Å². The van der Waals surface area contributed by atoms with Crippen molar-refractivity contribution in [1.82, 2.24) is 0 Å². The minimum atomic E-state index is -1.58. The molecule has 0 aliphatic heterocycles. The number of rotatable bonds is 4. The highest BCUT2D eigenvalue weighted by atomic mass is 16.5. The Morgan fingerprint density at radius 3 is 2.30 bits per heavy atom.